The van der Waals surface area contributed by atoms with Crippen LogP contribution < -0.4 is 5.73 Å². The smallest absolute Gasteiger partial charge is 0.147 e. The van der Waals surface area contributed by atoms with E-state index < -0.39 is 0 Å². The minimum atomic E-state index is -0.0348. The molecular weight excluding hydrogens is 358 g/mol. The van der Waals surface area contributed by atoms with E-state index in [0.717, 1.165) is 36.7 Å². The van der Waals surface area contributed by atoms with Gasteiger partial charge in [-0.1, -0.05) is 0 Å². The number of aliphatic hydroxyl groups excluding tert-OH is 1. The molecule has 0 radical (unpaired) electrons. The zero-order valence-corrected chi connectivity index (χ0v) is 16.9. The average molecular weight is 390 g/mol. The van der Waals surface area contributed by atoms with Crippen LogP contribution in [0, 0.1) is 0 Å². The Morgan fingerprint density at radius 2 is 2.18 bits per heavy atom. The molecule has 3 rings (SSSR count). The predicted molar refractivity (Wildman–Crippen MR) is 113 cm³/mol. The number of ether oxygens (including phenoxy) is 2. The van der Waals surface area contributed by atoms with Crippen LogP contribution in [0.15, 0.2) is 48.5 Å². The van der Waals surface area contributed by atoms with Gasteiger partial charge in [0, 0.05) is 25.2 Å². The van der Waals surface area contributed by atoms with E-state index in [0.29, 0.717) is 19.0 Å². The third-order valence-corrected chi connectivity index (χ3v) is 4.07. The van der Waals surface area contributed by atoms with Crippen LogP contribution in [-0.4, -0.2) is 52.3 Å². The highest BCUT2D eigenvalue weighted by atomic mass is 16.5. The van der Waals surface area contributed by atoms with Crippen molar-refractivity contribution in [1.82, 2.24) is 14.5 Å². The van der Waals surface area contributed by atoms with Crippen LogP contribution in [0.4, 0.5) is 5.82 Å². The summed E-state index contributed by atoms with van der Waals surface area (Å²) in [5.41, 5.74) is 7.65. The average Bonchev–Trinajstić information content (AvgIpc) is 3.36. The van der Waals surface area contributed by atoms with Crippen molar-refractivity contribution in [2.24, 2.45) is 4.99 Å². The number of nitrogens with zero attached hydrogens (tertiary/aromatic N) is 4. The van der Waals surface area contributed by atoms with E-state index >= 15 is 0 Å². The van der Waals surface area contributed by atoms with Gasteiger partial charge >= 0.3 is 0 Å². The lowest BCUT2D eigenvalue weighted by Gasteiger charge is -2.15. The number of nitrogen functional groups attached to an aromatic ring is 1. The third-order valence-electron chi connectivity index (χ3n) is 4.07. The molecule has 2 aromatic heterocycles. The Hall–Kier alpha value is -2.55. The fraction of sp³-hybridized carbons (Fsp3) is 0.450. The highest BCUT2D eigenvalue weighted by Gasteiger charge is 2.27. The van der Waals surface area contributed by atoms with Crippen molar-refractivity contribution in [2.75, 3.05) is 26.1 Å². The van der Waals surface area contributed by atoms with Crippen LogP contribution in [-0.2, 0) is 9.47 Å². The first-order valence-electron chi connectivity index (χ1n) is 9.09. The number of anilines is 1. The molecule has 1 aliphatic heterocycles. The zero-order valence-electron chi connectivity index (χ0n) is 16.9. The van der Waals surface area contributed by atoms with Crippen LogP contribution in [0.1, 0.15) is 32.9 Å². The summed E-state index contributed by atoms with van der Waals surface area (Å²) < 4.78 is 13.8. The molecule has 2 aromatic rings. The molecule has 1 aliphatic rings. The van der Waals surface area contributed by atoms with Crippen LogP contribution in [0.3, 0.4) is 0 Å². The molecule has 0 amide bonds. The van der Waals surface area contributed by atoms with Crippen molar-refractivity contribution in [1.29, 1.82) is 0 Å². The Kier molecular flexibility index (Phi) is 10.7. The number of aliphatic hydroxyl groups is 1. The first-order valence-corrected chi connectivity index (χ1v) is 9.09. The molecule has 8 nitrogen and oxygen atoms in total. The number of hydrogen-bond acceptors (Lipinski definition) is 7. The van der Waals surface area contributed by atoms with E-state index in [1.165, 1.54) is 6.33 Å². The minimum Gasteiger partial charge on any atom is -0.400 e. The highest BCUT2D eigenvalue weighted by molar-refractivity contribution is 5.86. The molecule has 2 unspecified atom stereocenters. The Bertz CT molecular complexity index is 772. The molecule has 154 valence electrons. The molecule has 0 aliphatic carbocycles. The summed E-state index contributed by atoms with van der Waals surface area (Å²) >= 11 is 0. The lowest BCUT2D eigenvalue weighted by atomic mass is 10.2. The number of hydrogen-bond donors (Lipinski definition) is 2. The molecule has 3 N–H and O–H groups in total. The molecule has 8 heteroatoms. The number of aromatic nitrogens is 3. The number of aliphatic imine (C=N–C) groups is 1. The standard InChI is InChI=1S/C17H23N5O2.C2H4.CH4O/c1-3-19-12(2)7-9-23-10-13-4-5-15(24-13)22-8-6-14-16(18)20-11-21-17(14)22;2*1-2/h3,6-8,11,13,15H,4-5,9-10H2,1-2H3,(H2,18,20,21);1-2H2;2H,1H3/b12-7+,19-3?;;. The second-order valence-corrected chi connectivity index (χ2v) is 5.78. The Labute approximate surface area is 166 Å². The van der Waals surface area contributed by atoms with Gasteiger partial charge in [-0.15, -0.1) is 13.2 Å². The van der Waals surface area contributed by atoms with E-state index in [9.17, 15) is 0 Å². The lowest BCUT2D eigenvalue weighted by molar-refractivity contribution is -0.0352. The lowest BCUT2D eigenvalue weighted by Crippen LogP contribution is -2.16. The number of nitrogens with two attached hydrogens (primary N) is 1. The van der Waals surface area contributed by atoms with E-state index in [-0.39, 0.29) is 12.3 Å². The van der Waals surface area contributed by atoms with Crippen molar-refractivity contribution in [2.45, 2.75) is 39.0 Å². The van der Waals surface area contributed by atoms with Crippen molar-refractivity contribution in [3.8, 4) is 0 Å². The second-order valence-electron chi connectivity index (χ2n) is 5.78. The molecule has 0 saturated carbocycles. The van der Waals surface area contributed by atoms with Crippen LogP contribution in [0.5, 0.6) is 0 Å². The van der Waals surface area contributed by atoms with Gasteiger partial charge < -0.3 is 24.9 Å². The summed E-state index contributed by atoms with van der Waals surface area (Å²) in [6, 6.07) is 1.93. The summed E-state index contributed by atoms with van der Waals surface area (Å²) in [6.45, 7) is 11.0. The first-order chi connectivity index (χ1) is 13.7. The van der Waals surface area contributed by atoms with Crippen LogP contribution in [0.2, 0.25) is 0 Å². The third kappa shape index (κ3) is 6.26. The molecule has 3 heterocycles. The quantitative estimate of drug-likeness (QED) is 0.446. The van der Waals surface area contributed by atoms with E-state index in [4.69, 9.17) is 20.3 Å². The van der Waals surface area contributed by atoms with Gasteiger partial charge in [0.1, 0.15) is 24.0 Å². The van der Waals surface area contributed by atoms with Crippen molar-refractivity contribution < 1.29 is 14.6 Å². The first kappa shape index (κ1) is 23.5. The fourth-order valence-electron chi connectivity index (χ4n) is 2.87. The SMILES string of the molecule is C=C.CC=N/C(C)=C/COCC1CCC(n2ccc3c(N)ncnc32)O1.CO. The van der Waals surface area contributed by atoms with Gasteiger partial charge in [-0.25, -0.2) is 9.97 Å². The number of allylic oxidation sites excluding steroid dienone is 1. The highest BCUT2D eigenvalue weighted by Crippen LogP contribution is 2.31. The van der Waals surface area contributed by atoms with Gasteiger partial charge in [0.05, 0.1) is 24.7 Å². The van der Waals surface area contributed by atoms with Gasteiger partial charge in [-0.3, -0.25) is 4.99 Å². The Morgan fingerprint density at radius 1 is 1.43 bits per heavy atom. The van der Waals surface area contributed by atoms with Gasteiger partial charge in [-0.05, 0) is 38.8 Å². The van der Waals surface area contributed by atoms with Crippen molar-refractivity contribution in [3.05, 3.63) is 43.5 Å². The van der Waals surface area contributed by atoms with Gasteiger partial charge in [-0.2, -0.15) is 0 Å². The predicted octanol–water partition coefficient (Wildman–Crippen LogP) is 3.11. The number of rotatable bonds is 6. The minimum absolute atomic E-state index is 0.0348. The molecule has 0 spiro atoms. The molecule has 2 atom stereocenters. The summed E-state index contributed by atoms with van der Waals surface area (Å²) in [7, 11) is 1.00. The maximum Gasteiger partial charge on any atom is 0.147 e. The van der Waals surface area contributed by atoms with Gasteiger partial charge in [0.2, 0.25) is 0 Å². The van der Waals surface area contributed by atoms with Gasteiger partial charge in [0.25, 0.3) is 0 Å². The monoisotopic (exact) mass is 389 g/mol. The molecule has 0 bridgehead atoms. The Morgan fingerprint density at radius 3 is 2.89 bits per heavy atom. The normalized spacial score (nSPS) is 19.2. The van der Waals surface area contributed by atoms with Crippen molar-refractivity contribution >= 4 is 23.1 Å². The molecule has 1 fully saturated rings. The van der Waals surface area contributed by atoms with Gasteiger partial charge in [0.15, 0.2) is 0 Å². The zero-order chi connectivity index (χ0) is 20.9. The molecular formula is C20H31N5O3. The number of fused-ring (bicyclic) bond motifs is 1. The maximum atomic E-state index is 7.00. The summed E-state index contributed by atoms with van der Waals surface area (Å²) in [5, 5.41) is 7.86. The van der Waals surface area contributed by atoms with E-state index in [1.54, 1.807) is 6.21 Å². The largest absolute Gasteiger partial charge is 0.400 e. The summed E-state index contributed by atoms with van der Waals surface area (Å²) in [6.07, 6.45) is 9.12. The van der Waals surface area contributed by atoms with Crippen molar-refractivity contribution in [3.63, 3.8) is 0 Å². The second kappa shape index (κ2) is 12.8. The van der Waals surface area contributed by atoms with E-state index in [2.05, 4.69) is 28.1 Å². The maximum absolute atomic E-state index is 7.00. The Balaban J connectivity index is 0.000000921. The summed E-state index contributed by atoms with van der Waals surface area (Å²) in [5.74, 6) is 0.494. The molecule has 1 saturated heterocycles. The molecule has 0 aromatic carbocycles. The van der Waals surface area contributed by atoms with Crippen LogP contribution in [0.25, 0.3) is 11.0 Å². The fourth-order valence-corrected chi connectivity index (χ4v) is 2.87. The topological polar surface area (TPSA) is 108 Å². The summed E-state index contributed by atoms with van der Waals surface area (Å²) in [4.78, 5) is 12.5. The van der Waals surface area contributed by atoms with Crippen LogP contribution >= 0.6 is 0 Å². The van der Waals surface area contributed by atoms with E-state index in [1.807, 2.05) is 36.8 Å². The molecule has 28 heavy (non-hydrogen) atoms.